The lowest BCUT2D eigenvalue weighted by Crippen LogP contribution is -2.07. The van der Waals surface area contributed by atoms with Crippen LogP contribution in [0.15, 0.2) is 81.6 Å². The van der Waals surface area contributed by atoms with Gasteiger partial charge < -0.3 is 19.3 Å². The van der Waals surface area contributed by atoms with Crippen molar-refractivity contribution >= 4 is 40.9 Å². The van der Waals surface area contributed by atoms with Crippen molar-refractivity contribution < 1.29 is 18.7 Å². The summed E-state index contributed by atoms with van der Waals surface area (Å²) in [5.74, 6) is 1.89. The fourth-order valence-electron chi connectivity index (χ4n) is 3.00. The number of hydrogen-bond donors (Lipinski definition) is 2. The second-order valence-electron chi connectivity index (χ2n) is 6.69. The van der Waals surface area contributed by atoms with Gasteiger partial charge in [0.2, 0.25) is 5.91 Å². The molecule has 0 bridgehead atoms. The average molecular weight is 454 g/mol. The second-order valence-corrected chi connectivity index (χ2v) is 7.56. The minimum atomic E-state index is -0.309. The van der Waals surface area contributed by atoms with Crippen molar-refractivity contribution in [3.63, 3.8) is 0 Å². The summed E-state index contributed by atoms with van der Waals surface area (Å²) in [6.45, 7) is -0.167. The summed E-state index contributed by atoms with van der Waals surface area (Å²) in [5, 5.41) is 13.0. The number of benzene rings is 2. The number of amides is 1. The Hall–Kier alpha value is -3.25. The Bertz CT molecular complexity index is 1240. The predicted octanol–water partition coefficient (Wildman–Crippen LogP) is 6.66. The van der Waals surface area contributed by atoms with E-state index < -0.39 is 0 Å². The molecule has 0 radical (unpaired) electrons. The summed E-state index contributed by atoms with van der Waals surface area (Å²) < 4.78 is 11.3. The van der Waals surface area contributed by atoms with Crippen LogP contribution in [0.1, 0.15) is 11.5 Å². The topological polar surface area (TPSA) is 75.6 Å². The van der Waals surface area contributed by atoms with Crippen molar-refractivity contribution in [3.05, 3.63) is 94.4 Å². The molecule has 1 amide bonds. The SMILES string of the molecule is O=C(/C=C/c1ccc(-c2cc(Cl)cc(Cl)c2)o1)Nc1cccc(-c2ccc(CO)o2)c1. The zero-order valence-corrected chi connectivity index (χ0v) is 17.7. The highest BCUT2D eigenvalue weighted by molar-refractivity contribution is 6.35. The number of halogens is 2. The standard InChI is InChI=1S/C24H17Cl2NO4/c25-17-10-16(11-18(26)13-17)23-7-4-20(30-23)6-9-24(29)27-19-3-1-2-15(12-19)22-8-5-21(14-28)31-22/h1-13,28H,14H2,(H,27,29)/b9-6+. The Balaban J connectivity index is 1.43. The Kier molecular flexibility index (Phi) is 6.28. The number of rotatable bonds is 6. The first-order valence-electron chi connectivity index (χ1n) is 9.35. The fraction of sp³-hybridized carbons (Fsp3) is 0.0417. The van der Waals surface area contributed by atoms with Crippen molar-refractivity contribution in [1.29, 1.82) is 0 Å². The number of carbonyl (C=O) groups is 1. The van der Waals surface area contributed by atoms with Gasteiger partial charge in [-0.2, -0.15) is 0 Å². The molecule has 0 saturated heterocycles. The summed E-state index contributed by atoms with van der Waals surface area (Å²) in [6.07, 6.45) is 2.96. The van der Waals surface area contributed by atoms with Gasteiger partial charge in [0.05, 0.1) is 0 Å². The molecule has 2 aromatic carbocycles. The summed E-state index contributed by atoms with van der Waals surface area (Å²) >= 11 is 12.1. The Morgan fingerprint density at radius 2 is 1.65 bits per heavy atom. The van der Waals surface area contributed by atoms with Crippen molar-refractivity contribution in [2.24, 2.45) is 0 Å². The lowest BCUT2D eigenvalue weighted by molar-refractivity contribution is -0.111. The van der Waals surface area contributed by atoms with Crippen molar-refractivity contribution in [2.45, 2.75) is 6.61 Å². The summed E-state index contributed by atoms with van der Waals surface area (Å²) in [7, 11) is 0. The van der Waals surface area contributed by atoms with Crippen LogP contribution in [0.5, 0.6) is 0 Å². The van der Waals surface area contributed by atoms with E-state index >= 15 is 0 Å². The van der Waals surface area contributed by atoms with Gasteiger partial charge in [-0.3, -0.25) is 4.79 Å². The van der Waals surface area contributed by atoms with Crippen molar-refractivity contribution in [3.8, 4) is 22.6 Å². The molecule has 0 aliphatic carbocycles. The Labute approximate surface area is 188 Å². The van der Waals surface area contributed by atoms with Gasteiger partial charge in [0.1, 0.15) is 29.6 Å². The molecule has 0 atom stereocenters. The second kappa shape index (κ2) is 9.27. The molecule has 0 spiro atoms. The molecule has 0 fully saturated rings. The molecule has 7 heteroatoms. The maximum absolute atomic E-state index is 12.3. The monoisotopic (exact) mass is 453 g/mol. The number of aliphatic hydroxyl groups excluding tert-OH is 1. The molecule has 0 unspecified atom stereocenters. The lowest BCUT2D eigenvalue weighted by atomic mass is 10.1. The van der Waals surface area contributed by atoms with Gasteiger partial charge in [-0.05, 0) is 60.7 Å². The molecule has 31 heavy (non-hydrogen) atoms. The molecule has 2 aromatic heterocycles. The highest BCUT2D eigenvalue weighted by atomic mass is 35.5. The van der Waals surface area contributed by atoms with E-state index in [-0.39, 0.29) is 12.5 Å². The highest BCUT2D eigenvalue weighted by Gasteiger charge is 2.08. The summed E-state index contributed by atoms with van der Waals surface area (Å²) in [4.78, 5) is 12.3. The van der Waals surface area contributed by atoms with Crippen molar-refractivity contribution in [1.82, 2.24) is 0 Å². The van der Waals surface area contributed by atoms with Gasteiger partial charge in [-0.15, -0.1) is 0 Å². The number of nitrogens with one attached hydrogen (secondary N) is 1. The third-order valence-corrected chi connectivity index (χ3v) is 4.84. The van der Waals surface area contributed by atoms with Crippen LogP contribution in [-0.2, 0) is 11.4 Å². The number of hydrogen-bond acceptors (Lipinski definition) is 4. The van der Waals surface area contributed by atoms with Crippen LogP contribution in [0.3, 0.4) is 0 Å². The normalized spacial score (nSPS) is 11.2. The first-order chi connectivity index (χ1) is 15.0. The minimum absolute atomic E-state index is 0.167. The zero-order chi connectivity index (χ0) is 21.8. The van der Waals surface area contributed by atoms with Crippen LogP contribution in [0, 0.1) is 0 Å². The molecule has 2 N–H and O–H groups in total. The third-order valence-electron chi connectivity index (χ3n) is 4.40. The number of carbonyl (C=O) groups excluding carboxylic acids is 1. The summed E-state index contributed by atoms with van der Waals surface area (Å²) in [6, 6.07) is 19.4. The van der Waals surface area contributed by atoms with Crippen molar-refractivity contribution in [2.75, 3.05) is 5.32 Å². The molecule has 156 valence electrons. The molecule has 4 rings (SSSR count). The molecular weight excluding hydrogens is 437 g/mol. The van der Waals surface area contributed by atoms with Gasteiger partial charge in [-0.25, -0.2) is 0 Å². The Morgan fingerprint density at radius 3 is 2.39 bits per heavy atom. The van der Waals surface area contributed by atoms with Gasteiger partial charge in [-0.1, -0.05) is 35.3 Å². The molecule has 0 saturated carbocycles. The maximum atomic E-state index is 12.3. The van der Waals surface area contributed by atoms with E-state index in [0.29, 0.717) is 38.8 Å². The first-order valence-corrected chi connectivity index (χ1v) is 10.1. The third kappa shape index (κ3) is 5.27. The first kappa shape index (κ1) is 21.0. The van der Waals surface area contributed by atoms with Gasteiger partial charge in [0.15, 0.2) is 0 Å². The van der Waals surface area contributed by atoms with Crippen LogP contribution < -0.4 is 5.32 Å². The van der Waals surface area contributed by atoms with Crippen LogP contribution >= 0.6 is 23.2 Å². The van der Waals surface area contributed by atoms with E-state index in [2.05, 4.69) is 5.32 Å². The van der Waals surface area contributed by atoms with Gasteiger partial charge >= 0.3 is 0 Å². The molecular formula is C24H17Cl2NO4. The molecule has 0 aliphatic heterocycles. The fourth-order valence-corrected chi connectivity index (χ4v) is 3.53. The summed E-state index contributed by atoms with van der Waals surface area (Å²) in [5.41, 5.74) is 2.15. The number of anilines is 1. The highest BCUT2D eigenvalue weighted by Crippen LogP contribution is 2.29. The molecule has 0 aliphatic rings. The van der Waals surface area contributed by atoms with Crippen LogP contribution in [0.4, 0.5) is 5.69 Å². The molecule has 2 heterocycles. The number of aliphatic hydroxyl groups is 1. The van der Waals surface area contributed by atoms with E-state index in [1.54, 1.807) is 60.7 Å². The van der Waals surface area contributed by atoms with E-state index in [0.717, 1.165) is 11.1 Å². The lowest BCUT2D eigenvalue weighted by Gasteiger charge is -2.04. The van der Waals surface area contributed by atoms with Gasteiger partial charge in [0, 0.05) is 32.9 Å². The molecule has 4 aromatic rings. The quantitative estimate of drug-likeness (QED) is 0.320. The maximum Gasteiger partial charge on any atom is 0.248 e. The smallest absolute Gasteiger partial charge is 0.248 e. The minimum Gasteiger partial charge on any atom is -0.459 e. The van der Waals surface area contributed by atoms with E-state index in [9.17, 15) is 4.79 Å². The Morgan fingerprint density at radius 1 is 0.903 bits per heavy atom. The van der Waals surface area contributed by atoms with Crippen LogP contribution in [0.25, 0.3) is 28.7 Å². The average Bonchev–Trinajstić information content (AvgIpc) is 3.41. The predicted molar refractivity (Wildman–Crippen MR) is 122 cm³/mol. The van der Waals surface area contributed by atoms with Gasteiger partial charge in [0.25, 0.3) is 0 Å². The van der Waals surface area contributed by atoms with E-state index in [1.165, 1.54) is 6.08 Å². The van der Waals surface area contributed by atoms with E-state index in [1.807, 2.05) is 12.1 Å². The largest absolute Gasteiger partial charge is 0.459 e. The zero-order valence-electron chi connectivity index (χ0n) is 16.1. The number of furan rings is 2. The molecule has 5 nitrogen and oxygen atoms in total. The van der Waals surface area contributed by atoms with E-state index in [4.69, 9.17) is 37.1 Å². The van der Waals surface area contributed by atoms with Crippen LogP contribution in [-0.4, -0.2) is 11.0 Å². The van der Waals surface area contributed by atoms with Crippen LogP contribution in [0.2, 0.25) is 10.0 Å².